The van der Waals surface area contributed by atoms with E-state index >= 15 is 0 Å². The lowest BCUT2D eigenvalue weighted by molar-refractivity contribution is -0.384. The molecule has 0 amide bonds. The molecular formula is C18H24N4O4S. The molecule has 1 aromatic heterocycles. The number of rotatable bonds is 6. The molecule has 0 radical (unpaired) electrons. The van der Waals surface area contributed by atoms with Crippen LogP contribution in [0.15, 0.2) is 24.3 Å². The van der Waals surface area contributed by atoms with Crippen LogP contribution in [0.1, 0.15) is 35.0 Å². The van der Waals surface area contributed by atoms with Crippen molar-refractivity contribution in [2.24, 2.45) is 0 Å². The summed E-state index contributed by atoms with van der Waals surface area (Å²) in [5, 5.41) is 15.3. The number of sulfone groups is 1. The highest BCUT2D eigenvalue weighted by Crippen LogP contribution is 2.27. The van der Waals surface area contributed by atoms with E-state index in [9.17, 15) is 18.5 Å². The van der Waals surface area contributed by atoms with Gasteiger partial charge in [0.25, 0.3) is 5.69 Å². The van der Waals surface area contributed by atoms with Gasteiger partial charge in [0, 0.05) is 36.5 Å². The molecule has 1 saturated heterocycles. The molecule has 0 N–H and O–H groups in total. The number of aryl methyl sites for hydroxylation is 1. The maximum atomic E-state index is 11.8. The minimum Gasteiger partial charge on any atom is -0.298 e. The molecule has 2 heterocycles. The van der Waals surface area contributed by atoms with E-state index in [1.165, 1.54) is 12.1 Å². The van der Waals surface area contributed by atoms with Crippen LogP contribution >= 0.6 is 0 Å². The van der Waals surface area contributed by atoms with Crippen molar-refractivity contribution in [1.82, 2.24) is 14.7 Å². The Labute approximate surface area is 158 Å². The molecule has 0 bridgehead atoms. The van der Waals surface area contributed by atoms with Gasteiger partial charge >= 0.3 is 0 Å². The van der Waals surface area contributed by atoms with Gasteiger partial charge in [-0.15, -0.1) is 0 Å². The average Bonchev–Trinajstić information content (AvgIpc) is 3.09. The summed E-state index contributed by atoms with van der Waals surface area (Å²) in [6, 6.07) is 6.47. The highest BCUT2D eigenvalue weighted by molar-refractivity contribution is 7.91. The predicted octanol–water partition coefficient (Wildman–Crippen LogP) is 2.40. The van der Waals surface area contributed by atoms with Crippen LogP contribution in [0.3, 0.4) is 0 Å². The largest absolute Gasteiger partial charge is 0.298 e. The van der Waals surface area contributed by atoms with Crippen LogP contribution in [0.4, 0.5) is 5.69 Å². The molecule has 8 nitrogen and oxygen atoms in total. The van der Waals surface area contributed by atoms with Crippen LogP contribution in [0.25, 0.3) is 0 Å². The first kappa shape index (κ1) is 19.5. The molecule has 1 aliphatic heterocycles. The molecule has 0 unspecified atom stereocenters. The van der Waals surface area contributed by atoms with Gasteiger partial charge in [0.2, 0.25) is 0 Å². The summed E-state index contributed by atoms with van der Waals surface area (Å²) < 4.78 is 25.4. The zero-order valence-electron chi connectivity index (χ0n) is 15.8. The number of hydrogen-bond donors (Lipinski definition) is 0. The van der Waals surface area contributed by atoms with E-state index in [0.717, 1.165) is 22.5 Å². The molecule has 1 atom stereocenters. The Kier molecular flexibility index (Phi) is 5.34. The molecule has 0 spiro atoms. The molecule has 146 valence electrons. The van der Waals surface area contributed by atoms with Crippen LogP contribution in [-0.2, 0) is 22.9 Å². The van der Waals surface area contributed by atoms with Crippen LogP contribution in [0.2, 0.25) is 0 Å². The molecular weight excluding hydrogens is 368 g/mol. The summed E-state index contributed by atoms with van der Waals surface area (Å²) in [5.41, 5.74) is 4.09. The third kappa shape index (κ3) is 4.36. The minimum atomic E-state index is -2.96. The second-order valence-electron chi connectivity index (χ2n) is 7.25. The summed E-state index contributed by atoms with van der Waals surface area (Å²) in [6.45, 7) is 5.26. The van der Waals surface area contributed by atoms with Gasteiger partial charge in [-0.2, -0.15) is 5.10 Å². The topological polar surface area (TPSA) is 98.3 Å². The lowest BCUT2D eigenvalue weighted by Gasteiger charge is -2.17. The van der Waals surface area contributed by atoms with Gasteiger partial charge in [0.15, 0.2) is 9.84 Å². The third-order valence-corrected chi connectivity index (χ3v) is 6.81. The standard InChI is InChI=1S/C18H24N4O4S/c1-13-18(14(2)21(19-13)17-8-9-27(25,26)12-17)11-20(3)10-15-4-6-16(7-5-15)22(23)24/h4-7,17H,8-12H2,1-3H3/t17-/m0/s1. The number of hydrogen-bond acceptors (Lipinski definition) is 6. The predicted molar refractivity (Wildman–Crippen MR) is 102 cm³/mol. The quantitative estimate of drug-likeness (QED) is 0.553. The molecule has 1 aliphatic rings. The van der Waals surface area contributed by atoms with Gasteiger partial charge in [-0.3, -0.25) is 19.7 Å². The Morgan fingerprint density at radius 1 is 1.26 bits per heavy atom. The second kappa shape index (κ2) is 7.40. The first-order valence-corrected chi connectivity index (χ1v) is 10.7. The van der Waals surface area contributed by atoms with Crippen molar-refractivity contribution in [1.29, 1.82) is 0 Å². The van der Waals surface area contributed by atoms with Crippen LogP contribution < -0.4 is 0 Å². The van der Waals surface area contributed by atoms with Gasteiger partial charge in [0.1, 0.15) is 0 Å². The minimum absolute atomic E-state index is 0.0811. The maximum absolute atomic E-state index is 11.8. The molecule has 2 aromatic rings. The van der Waals surface area contributed by atoms with Crippen molar-refractivity contribution in [3.63, 3.8) is 0 Å². The molecule has 0 aliphatic carbocycles. The molecule has 3 rings (SSSR count). The molecule has 1 fully saturated rings. The lowest BCUT2D eigenvalue weighted by Crippen LogP contribution is -2.18. The van der Waals surface area contributed by atoms with E-state index in [1.807, 2.05) is 25.6 Å². The van der Waals surface area contributed by atoms with Crippen LogP contribution in [-0.4, -0.2) is 46.6 Å². The fourth-order valence-electron chi connectivity index (χ4n) is 3.61. The Bertz CT molecular complexity index is 950. The third-order valence-electron chi connectivity index (χ3n) is 5.06. The number of aromatic nitrogens is 2. The SMILES string of the molecule is Cc1nn([C@H]2CCS(=O)(=O)C2)c(C)c1CN(C)Cc1ccc([N+](=O)[O-])cc1. The van der Waals surface area contributed by atoms with Gasteiger partial charge in [-0.25, -0.2) is 8.42 Å². The average molecular weight is 392 g/mol. The number of benzene rings is 1. The van der Waals surface area contributed by atoms with Crippen LogP contribution in [0.5, 0.6) is 0 Å². The van der Waals surface area contributed by atoms with Gasteiger partial charge in [-0.05, 0) is 32.9 Å². The fourth-order valence-corrected chi connectivity index (χ4v) is 5.30. The van der Waals surface area contributed by atoms with Gasteiger partial charge < -0.3 is 0 Å². The summed E-state index contributed by atoms with van der Waals surface area (Å²) in [7, 11) is -0.973. The Morgan fingerprint density at radius 2 is 1.93 bits per heavy atom. The van der Waals surface area contributed by atoms with Crippen molar-refractivity contribution in [2.45, 2.75) is 39.4 Å². The summed E-state index contributed by atoms with van der Waals surface area (Å²) in [6.07, 6.45) is 0.613. The normalized spacial score (nSPS) is 18.9. The lowest BCUT2D eigenvalue weighted by atomic mass is 10.1. The first-order chi connectivity index (χ1) is 12.7. The number of non-ortho nitro benzene ring substituents is 1. The van der Waals surface area contributed by atoms with E-state index in [1.54, 1.807) is 12.1 Å². The van der Waals surface area contributed by atoms with E-state index in [-0.39, 0.29) is 23.2 Å². The van der Waals surface area contributed by atoms with E-state index < -0.39 is 14.8 Å². The van der Waals surface area contributed by atoms with E-state index in [0.29, 0.717) is 19.5 Å². The van der Waals surface area contributed by atoms with Crippen molar-refractivity contribution in [3.05, 3.63) is 56.9 Å². The van der Waals surface area contributed by atoms with Crippen molar-refractivity contribution in [2.75, 3.05) is 18.6 Å². The van der Waals surface area contributed by atoms with E-state index in [2.05, 4.69) is 10.00 Å². The molecule has 9 heteroatoms. The highest BCUT2D eigenvalue weighted by atomic mass is 32.2. The first-order valence-electron chi connectivity index (χ1n) is 8.83. The summed E-state index contributed by atoms with van der Waals surface area (Å²) >= 11 is 0. The van der Waals surface area contributed by atoms with E-state index in [4.69, 9.17) is 0 Å². The highest BCUT2D eigenvalue weighted by Gasteiger charge is 2.31. The number of nitro groups is 1. The smallest absolute Gasteiger partial charge is 0.269 e. The van der Waals surface area contributed by atoms with Gasteiger partial charge in [0.05, 0.1) is 28.2 Å². The summed E-state index contributed by atoms with van der Waals surface area (Å²) in [4.78, 5) is 12.5. The maximum Gasteiger partial charge on any atom is 0.269 e. The van der Waals surface area contributed by atoms with Crippen molar-refractivity contribution in [3.8, 4) is 0 Å². The summed E-state index contributed by atoms with van der Waals surface area (Å²) in [5.74, 6) is 0.387. The molecule has 0 saturated carbocycles. The zero-order valence-corrected chi connectivity index (χ0v) is 16.6. The van der Waals surface area contributed by atoms with Crippen molar-refractivity contribution >= 4 is 15.5 Å². The number of nitro benzene ring substituents is 1. The Hall–Kier alpha value is -2.26. The molecule has 1 aromatic carbocycles. The monoisotopic (exact) mass is 392 g/mol. The fraction of sp³-hybridized carbons (Fsp3) is 0.500. The Morgan fingerprint density at radius 3 is 2.48 bits per heavy atom. The zero-order chi connectivity index (χ0) is 19.8. The molecule has 27 heavy (non-hydrogen) atoms. The Balaban J connectivity index is 1.71. The van der Waals surface area contributed by atoms with Crippen LogP contribution in [0, 0.1) is 24.0 Å². The van der Waals surface area contributed by atoms with Crippen molar-refractivity contribution < 1.29 is 13.3 Å². The number of nitrogens with zero attached hydrogens (tertiary/aromatic N) is 4. The second-order valence-corrected chi connectivity index (χ2v) is 9.48. The van der Waals surface area contributed by atoms with Gasteiger partial charge in [-0.1, -0.05) is 12.1 Å².